The Labute approximate surface area is 173 Å². The number of hydroxylamine groups is 1. The van der Waals surface area contributed by atoms with E-state index >= 15 is 0 Å². The van der Waals surface area contributed by atoms with Crippen LogP contribution in [-0.2, 0) is 9.63 Å². The van der Waals surface area contributed by atoms with Gasteiger partial charge in [0.05, 0.1) is 5.70 Å². The van der Waals surface area contributed by atoms with Crippen molar-refractivity contribution < 1.29 is 14.4 Å². The Hall–Kier alpha value is -4.03. The largest absolute Gasteiger partial charge is 0.323 e. The van der Waals surface area contributed by atoms with Gasteiger partial charge in [-0.2, -0.15) is 0 Å². The number of carbonyl (C=O) groups is 2. The zero-order chi connectivity index (χ0) is 20.8. The van der Waals surface area contributed by atoms with Crippen molar-refractivity contribution in [3.8, 4) is 0 Å². The molecule has 1 aromatic heterocycles. The first-order valence-corrected chi connectivity index (χ1v) is 9.41. The van der Waals surface area contributed by atoms with Gasteiger partial charge in [0.2, 0.25) is 0 Å². The molecule has 30 heavy (non-hydrogen) atoms. The Morgan fingerprint density at radius 1 is 1.00 bits per heavy atom. The molecule has 0 saturated carbocycles. The molecule has 0 bridgehead atoms. The van der Waals surface area contributed by atoms with Crippen molar-refractivity contribution in [3.05, 3.63) is 108 Å². The summed E-state index contributed by atoms with van der Waals surface area (Å²) < 4.78 is 0. The van der Waals surface area contributed by atoms with E-state index in [1.807, 2.05) is 42.5 Å². The maximum atomic E-state index is 12.5. The highest BCUT2D eigenvalue weighted by molar-refractivity contribution is 6.07. The minimum Gasteiger partial charge on any atom is -0.323 e. The molecule has 4 rings (SSSR count). The van der Waals surface area contributed by atoms with Crippen molar-refractivity contribution in [1.29, 1.82) is 0 Å². The molecule has 0 fully saturated rings. The summed E-state index contributed by atoms with van der Waals surface area (Å²) >= 11 is 0. The number of pyridine rings is 1. The topological polar surface area (TPSA) is 80.3 Å². The summed E-state index contributed by atoms with van der Waals surface area (Å²) in [5, 5.41) is 2.79. The monoisotopic (exact) mass is 397 g/mol. The molecule has 148 valence electrons. The van der Waals surface area contributed by atoms with Crippen LogP contribution >= 0.6 is 0 Å². The van der Waals surface area contributed by atoms with E-state index in [-0.39, 0.29) is 11.7 Å². The van der Waals surface area contributed by atoms with Gasteiger partial charge in [-0.3, -0.25) is 24.9 Å². The lowest BCUT2D eigenvalue weighted by molar-refractivity contribution is -0.125. The highest BCUT2D eigenvalue weighted by Gasteiger charge is 2.24. The molecule has 0 spiro atoms. The SMILES string of the molecule is O=C(C=Cc1ccccc1)c1ccc(NC(=O)C2C=C(c3cccnc3)NO2)cc1. The third kappa shape index (κ3) is 4.68. The van der Waals surface area contributed by atoms with Crippen molar-refractivity contribution in [1.82, 2.24) is 10.5 Å². The van der Waals surface area contributed by atoms with E-state index in [0.717, 1.165) is 11.1 Å². The third-order valence-electron chi connectivity index (χ3n) is 4.51. The van der Waals surface area contributed by atoms with E-state index in [0.29, 0.717) is 16.9 Å². The number of hydrogen-bond donors (Lipinski definition) is 2. The van der Waals surface area contributed by atoms with Crippen LogP contribution in [0, 0.1) is 0 Å². The zero-order valence-electron chi connectivity index (χ0n) is 16.0. The van der Waals surface area contributed by atoms with E-state index in [4.69, 9.17) is 4.84 Å². The lowest BCUT2D eigenvalue weighted by Crippen LogP contribution is -2.28. The minimum absolute atomic E-state index is 0.107. The molecule has 1 atom stereocenters. The smallest absolute Gasteiger partial charge is 0.260 e. The first kappa shape index (κ1) is 19.3. The highest BCUT2D eigenvalue weighted by atomic mass is 16.7. The molecule has 2 N–H and O–H groups in total. The van der Waals surface area contributed by atoms with Crippen LogP contribution in [0.25, 0.3) is 11.8 Å². The van der Waals surface area contributed by atoms with Crippen molar-refractivity contribution in [2.75, 3.05) is 5.32 Å². The van der Waals surface area contributed by atoms with Gasteiger partial charge in [0.15, 0.2) is 11.9 Å². The highest BCUT2D eigenvalue weighted by Crippen LogP contribution is 2.19. The number of amides is 1. The van der Waals surface area contributed by atoms with Gasteiger partial charge >= 0.3 is 0 Å². The second-order valence-electron chi connectivity index (χ2n) is 6.64. The quantitative estimate of drug-likeness (QED) is 0.488. The average molecular weight is 397 g/mol. The van der Waals surface area contributed by atoms with Gasteiger partial charge in [0.25, 0.3) is 5.91 Å². The minimum atomic E-state index is -0.768. The summed E-state index contributed by atoms with van der Waals surface area (Å²) in [7, 11) is 0. The first-order valence-electron chi connectivity index (χ1n) is 9.41. The second kappa shape index (κ2) is 8.98. The number of nitrogens with one attached hydrogen (secondary N) is 2. The molecule has 2 heterocycles. The number of nitrogens with zero attached hydrogens (tertiary/aromatic N) is 1. The van der Waals surface area contributed by atoms with E-state index in [9.17, 15) is 9.59 Å². The molecular weight excluding hydrogens is 378 g/mol. The van der Waals surface area contributed by atoms with Gasteiger partial charge in [-0.25, -0.2) is 0 Å². The molecule has 3 aromatic rings. The van der Waals surface area contributed by atoms with Crippen LogP contribution in [0.1, 0.15) is 21.5 Å². The predicted molar refractivity (Wildman–Crippen MR) is 115 cm³/mol. The van der Waals surface area contributed by atoms with Gasteiger partial charge < -0.3 is 5.32 Å². The number of aromatic nitrogens is 1. The Morgan fingerprint density at radius 3 is 2.53 bits per heavy atom. The summed E-state index contributed by atoms with van der Waals surface area (Å²) in [5.41, 5.74) is 6.35. The summed E-state index contributed by atoms with van der Waals surface area (Å²) in [6.07, 6.45) is 7.59. The number of ketones is 1. The Morgan fingerprint density at radius 2 is 1.80 bits per heavy atom. The Balaban J connectivity index is 1.36. The summed E-state index contributed by atoms with van der Waals surface area (Å²) in [6.45, 7) is 0. The maximum Gasteiger partial charge on any atom is 0.260 e. The maximum absolute atomic E-state index is 12.5. The molecule has 6 heteroatoms. The van der Waals surface area contributed by atoms with Gasteiger partial charge in [0, 0.05) is 29.2 Å². The normalized spacial score (nSPS) is 15.5. The van der Waals surface area contributed by atoms with E-state index in [1.165, 1.54) is 6.08 Å². The van der Waals surface area contributed by atoms with Crippen molar-refractivity contribution >= 4 is 29.2 Å². The zero-order valence-corrected chi connectivity index (χ0v) is 16.0. The van der Waals surface area contributed by atoms with Crippen LogP contribution in [0.3, 0.4) is 0 Å². The number of carbonyl (C=O) groups excluding carboxylic acids is 2. The summed E-state index contributed by atoms with van der Waals surface area (Å²) in [5.74, 6) is -0.423. The Bertz CT molecular complexity index is 1090. The van der Waals surface area contributed by atoms with Gasteiger partial charge in [-0.15, -0.1) is 0 Å². The van der Waals surface area contributed by atoms with E-state index in [1.54, 1.807) is 48.8 Å². The predicted octanol–water partition coefficient (Wildman–Crippen LogP) is 3.86. The van der Waals surface area contributed by atoms with Crippen molar-refractivity contribution in [3.63, 3.8) is 0 Å². The average Bonchev–Trinajstić information content (AvgIpc) is 3.30. The van der Waals surface area contributed by atoms with Crippen LogP contribution in [-0.4, -0.2) is 22.8 Å². The molecule has 6 nitrogen and oxygen atoms in total. The van der Waals surface area contributed by atoms with Crippen molar-refractivity contribution in [2.24, 2.45) is 0 Å². The second-order valence-corrected chi connectivity index (χ2v) is 6.64. The number of hydrogen-bond acceptors (Lipinski definition) is 5. The van der Waals surface area contributed by atoms with Crippen LogP contribution in [0.4, 0.5) is 5.69 Å². The lowest BCUT2D eigenvalue weighted by Gasteiger charge is -2.09. The number of anilines is 1. The molecular formula is C24H19N3O3. The molecule has 0 saturated heterocycles. The molecule has 1 aliphatic heterocycles. The number of allylic oxidation sites excluding steroid dienone is 1. The number of benzene rings is 2. The fourth-order valence-electron chi connectivity index (χ4n) is 2.92. The molecule has 2 aromatic carbocycles. The molecule has 0 aliphatic carbocycles. The lowest BCUT2D eigenvalue weighted by atomic mass is 10.1. The van der Waals surface area contributed by atoms with Crippen LogP contribution < -0.4 is 10.8 Å². The van der Waals surface area contributed by atoms with E-state index in [2.05, 4.69) is 15.8 Å². The van der Waals surface area contributed by atoms with Crippen LogP contribution in [0.15, 0.2) is 91.3 Å². The van der Waals surface area contributed by atoms with Gasteiger partial charge in [-0.1, -0.05) is 36.4 Å². The molecule has 0 radical (unpaired) electrons. The molecule has 1 unspecified atom stereocenters. The Kier molecular flexibility index (Phi) is 5.78. The fraction of sp³-hybridized carbons (Fsp3) is 0.0417. The van der Waals surface area contributed by atoms with Crippen LogP contribution in [0.5, 0.6) is 0 Å². The van der Waals surface area contributed by atoms with E-state index < -0.39 is 6.10 Å². The third-order valence-corrected chi connectivity index (χ3v) is 4.51. The molecule has 1 amide bonds. The van der Waals surface area contributed by atoms with Gasteiger partial charge in [0.1, 0.15) is 0 Å². The summed E-state index contributed by atoms with van der Waals surface area (Å²) in [4.78, 5) is 34.2. The van der Waals surface area contributed by atoms with Gasteiger partial charge in [-0.05, 0) is 54.1 Å². The van der Waals surface area contributed by atoms with Crippen LogP contribution in [0.2, 0.25) is 0 Å². The van der Waals surface area contributed by atoms with Crippen molar-refractivity contribution in [2.45, 2.75) is 6.10 Å². The first-order chi connectivity index (χ1) is 14.7. The molecule has 1 aliphatic rings. The fourth-order valence-corrected chi connectivity index (χ4v) is 2.92. The summed E-state index contributed by atoms with van der Waals surface area (Å²) in [6, 6.07) is 20.0. The number of rotatable bonds is 6. The standard InChI is InChI=1S/C24H19N3O3/c28-22(13-8-17-5-2-1-3-6-17)18-9-11-20(12-10-18)26-24(29)23-15-21(27-30-23)19-7-4-14-25-16-19/h1-16,23,27H,(H,26,29).